The number of nitrogens with one attached hydrogen (secondary N) is 1. The molecule has 0 aromatic heterocycles. The Bertz CT molecular complexity index is 439. The highest BCUT2D eigenvalue weighted by atomic mass is 19.1. The predicted octanol–water partition coefficient (Wildman–Crippen LogP) is 3.51. The molecule has 0 saturated carbocycles. The fraction of sp³-hybridized carbons (Fsp3) is 0.467. The molecule has 0 heterocycles. The Balaban J connectivity index is 1.73. The Hall–Kier alpha value is -1.15. The van der Waals surface area contributed by atoms with Gasteiger partial charge in [0, 0.05) is 12.1 Å². The van der Waals surface area contributed by atoms with Crippen molar-refractivity contribution in [3.8, 4) is 0 Å². The molecule has 0 saturated heterocycles. The Morgan fingerprint density at radius 3 is 2.94 bits per heavy atom. The van der Waals surface area contributed by atoms with Crippen LogP contribution in [0.1, 0.15) is 42.9 Å². The quantitative estimate of drug-likeness (QED) is 0.768. The van der Waals surface area contributed by atoms with Gasteiger partial charge in [0.1, 0.15) is 5.82 Å². The van der Waals surface area contributed by atoms with Crippen LogP contribution >= 0.6 is 0 Å². The van der Waals surface area contributed by atoms with Gasteiger partial charge in [-0.1, -0.05) is 18.2 Å². The number of benzene rings is 1. The zero-order chi connectivity index (χ0) is 11.7. The molecule has 0 aliphatic heterocycles. The summed E-state index contributed by atoms with van der Waals surface area (Å²) in [5.74, 6) is -0.106. The number of hydrogen-bond donors (Lipinski definition) is 1. The molecule has 2 atom stereocenters. The van der Waals surface area contributed by atoms with Crippen LogP contribution in [0.4, 0.5) is 4.39 Å². The summed E-state index contributed by atoms with van der Waals surface area (Å²) in [5.41, 5.74) is 2.50. The molecule has 2 aliphatic carbocycles. The summed E-state index contributed by atoms with van der Waals surface area (Å²) in [6.07, 6.45) is 10.2. The third kappa shape index (κ3) is 2.27. The lowest BCUT2D eigenvalue weighted by molar-refractivity contribution is 0.407. The topological polar surface area (TPSA) is 12.0 Å². The van der Waals surface area contributed by atoms with Crippen molar-refractivity contribution in [1.29, 1.82) is 0 Å². The molecule has 0 bridgehead atoms. The van der Waals surface area contributed by atoms with Crippen LogP contribution in [0.3, 0.4) is 0 Å². The third-order valence-electron chi connectivity index (χ3n) is 3.89. The summed E-state index contributed by atoms with van der Waals surface area (Å²) in [7, 11) is 0. The van der Waals surface area contributed by atoms with Gasteiger partial charge < -0.3 is 5.32 Å². The van der Waals surface area contributed by atoms with Crippen LogP contribution in [0.5, 0.6) is 0 Å². The number of hydrogen-bond acceptors (Lipinski definition) is 1. The van der Waals surface area contributed by atoms with Crippen molar-refractivity contribution < 1.29 is 4.39 Å². The molecular weight excluding hydrogens is 213 g/mol. The number of fused-ring (bicyclic) bond motifs is 1. The standard InChI is InChI=1S/C15H18FN/c16-12-7-8-14-11(10-12)6-9-15(14)17-13-4-2-1-3-5-13/h1-2,7-8,10,13,15,17H,3-6,9H2. The Morgan fingerprint density at radius 2 is 2.12 bits per heavy atom. The van der Waals surface area contributed by atoms with Crippen LogP contribution in [0.15, 0.2) is 30.4 Å². The number of allylic oxidation sites excluding steroid dienone is 1. The highest BCUT2D eigenvalue weighted by Gasteiger charge is 2.24. The van der Waals surface area contributed by atoms with E-state index in [4.69, 9.17) is 0 Å². The number of halogens is 1. The molecule has 1 aromatic carbocycles. The second-order valence-corrected chi connectivity index (χ2v) is 5.08. The van der Waals surface area contributed by atoms with Gasteiger partial charge >= 0.3 is 0 Å². The molecule has 0 amide bonds. The van der Waals surface area contributed by atoms with Crippen molar-refractivity contribution in [1.82, 2.24) is 5.32 Å². The average molecular weight is 231 g/mol. The zero-order valence-electron chi connectivity index (χ0n) is 9.95. The molecule has 0 spiro atoms. The van der Waals surface area contributed by atoms with Gasteiger partial charge in [0.25, 0.3) is 0 Å². The minimum Gasteiger partial charge on any atom is -0.307 e. The van der Waals surface area contributed by atoms with Crippen molar-refractivity contribution in [3.05, 3.63) is 47.3 Å². The Labute approximate surface area is 102 Å². The Kier molecular flexibility index (Phi) is 2.98. The number of aryl methyl sites for hydroxylation is 1. The van der Waals surface area contributed by atoms with Gasteiger partial charge in [0.05, 0.1) is 0 Å². The minimum absolute atomic E-state index is 0.106. The van der Waals surface area contributed by atoms with Gasteiger partial charge in [0.2, 0.25) is 0 Å². The maximum absolute atomic E-state index is 13.1. The van der Waals surface area contributed by atoms with E-state index in [1.54, 1.807) is 12.1 Å². The molecule has 0 radical (unpaired) electrons. The normalized spacial score (nSPS) is 27.1. The fourth-order valence-corrected chi connectivity index (χ4v) is 2.99. The summed E-state index contributed by atoms with van der Waals surface area (Å²) in [4.78, 5) is 0. The first-order valence-corrected chi connectivity index (χ1v) is 6.52. The van der Waals surface area contributed by atoms with Crippen LogP contribution < -0.4 is 5.32 Å². The van der Waals surface area contributed by atoms with Gasteiger partial charge in [-0.3, -0.25) is 0 Å². The monoisotopic (exact) mass is 231 g/mol. The van der Waals surface area contributed by atoms with Crippen molar-refractivity contribution >= 4 is 0 Å². The minimum atomic E-state index is -0.106. The maximum Gasteiger partial charge on any atom is 0.123 e. The molecule has 1 nitrogen and oxygen atoms in total. The highest BCUT2D eigenvalue weighted by Crippen LogP contribution is 2.32. The van der Waals surface area contributed by atoms with E-state index in [9.17, 15) is 4.39 Å². The molecule has 3 rings (SSSR count). The van der Waals surface area contributed by atoms with E-state index in [1.807, 2.05) is 6.07 Å². The Morgan fingerprint density at radius 1 is 1.18 bits per heavy atom. The van der Waals surface area contributed by atoms with Crippen LogP contribution in [-0.4, -0.2) is 6.04 Å². The first-order valence-electron chi connectivity index (χ1n) is 6.52. The predicted molar refractivity (Wildman–Crippen MR) is 67.4 cm³/mol. The highest BCUT2D eigenvalue weighted by molar-refractivity contribution is 5.35. The van der Waals surface area contributed by atoms with Gasteiger partial charge in [-0.2, -0.15) is 0 Å². The van der Waals surface area contributed by atoms with E-state index in [0.29, 0.717) is 12.1 Å². The average Bonchev–Trinajstić information content (AvgIpc) is 2.73. The van der Waals surface area contributed by atoms with Crippen LogP contribution in [-0.2, 0) is 6.42 Å². The van der Waals surface area contributed by atoms with E-state index in [-0.39, 0.29) is 5.82 Å². The molecule has 90 valence electrons. The molecular formula is C15H18FN. The van der Waals surface area contributed by atoms with E-state index in [2.05, 4.69) is 17.5 Å². The third-order valence-corrected chi connectivity index (χ3v) is 3.89. The second-order valence-electron chi connectivity index (χ2n) is 5.08. The van der Waals surface area contributed by atoms with Crippen LogP contribution in [0.25, 0.3) is 0 Å². The largest absolute Gasteiger partial charge is 0.307 e. The smallest absolute Gasteiger partial charge is 0.123 e. The van der Waals surface area contributed by atoms with E-state index >= 15 is 0 Å². The number of rotatable bonds is 2. The van der Waals surface area contributed by atoms with Gasteiger partial charge in [-0.05, 0) is 55.4 Å². The maximum atomic E-state index is 13.1. The first-order chi connectivity index (χ1) is 8.33. The van der Waals surface area contributed by atoms with Crippen molar-refractivity contribution in [2.24, 2.45) is 0 Å². The van der Waals surface area contributed by atoms with Crippen molar-refractivity contribution in [3.63, 3.8) is 0 Å². The van der Waals surface area contributed by atoms with E-state index < -0.39 is 0 Å². The molecule has 2 heteroatoms. The lowest BCUT2D eigenvalue weighted by Crippen LogP contribution is -2.32. The molecule has 17 heavy (non-hydrogen) atoms. The first kappa shape index (κ1) is 11.0. The van der Waals surface area contributed by atoms with E-state index in [1.165, 1.54) is 24.0 Å². The molecule has 2 unspecified atom stereocenters. The molecule has 1 aromatic rings. The van der Waals surface area contributed by atoms with Gasteiger partial charge in [-0.15, -0.1) is 0 Å². The summed E-state index contributed by atoms with van der Waals surface area (Å²) in [6, 6.07) is 6.26. The SMILES string of the molecule is Fc1ccc2c(c1)CCC2NC1CC=CCC1. The lowest BCUT2D eigenvalue weighted by Gasteiger charge is -2.24. The summed E-state index contributed by atoms with van der Waals surface area (Å²) in [6.45, 7) is 0. The van der Waals surface area contributed by atoms with Crippen LogP contribution in [0.2, 0.25) is 0 Å². The van der Waals surface area contributed by atoms with Gasteiger partial charge in [-0.25, -0.2) is 4.39 Å². The molecule has 0 fully saturated rings. The zero-order valence-corrected chi connectivity index (χ0v) is 9.95. The summed E-state index contributed by atoms with van der Waals surface area (Å²) < 4.78 is 13.1. The van der Waals surface area contributed by atoms with E-state index in [0.717, 1.165) is 19.3 Å². The molecule has 2 aliphatic rings. The fourth-order valence-electron chi connectivity index (χ4n) is 2.99. The summed E-state index contributed by atoms with van der Waals surface area (Å²) in [5, 5.41) is 3.72. The van der Waals surface area contributed by atoms with Crippen molar-refractivity contribution in [2.45, 2.75) is 44.2 Å². The lowest BCUT2D eigenvalue weighted by atomic mass is 9.99. The van der Waals surface area contributed by atoms with Crippen molar-refractivity contribution in [2.75, 3.05) is 0 Å². The summed E-state index contributed by atoms with van der Waals surface area (Å²) >= 11 is 0. The van der Waals surface area contributed by atoms with Crippen LogP contribution in [0, 0.1) is 5.82 Å². The van der Waals surface area contributed by atoms with Gasteiger partial charge in [0.15, 0.2) is 0 Å². The molecule has 1 N–H and O–H groups in total. The second kappa shape index (κ2) is 4.61.